The second-order valence-electron chi connectivity index (χ2n) is 5.81. The van der Waals surface area contributed by atoms with Gasteiger partial charge < -0.3 is 5.73 Å². The molecule has 1 aromatic rings. The van der Waals surface area contributed by atoms with Crippen LogP contribution in [0.3, 0.4) is 0 Å². The van der Waals surface area contributed by atoms with Crippen LogP contribution in [0.1, 0.15) is 31.9 Å². The third-order valence-corrected chi connectivity index (χ3v) is 5.81. The van der Waals surface area contributed by atoms with Crippen molar-refractivity contribution in [3.8, 4) is 0 Å². The molecule has 0 saturated carbocycles. The zero-order valence-electron chi connectivity index (χ0n) is 12.0. The summed E-state index contributed by atoms with van der Waals surface area (Å²) < 4.78 is 0.339. The third-order valence-electron chi connectivity index (χ3n) is 3.85. The summed E-state index contributed by atoms with van der Waals surface area (Å²) in [5.74, 6) is 1.13. The molecular weight excluding hydrogens is 311 g/mol. The molecule has 1 fully saturated rings. The Morgan fingerprint density at radius 1 is 1.35 bits per heavy atom. The zero-order chi connectivity index (χ0) is 14.8. The van der Waals surface area contributed by atoms with E-state index in [9.17, 15) is 0 Å². The highest BCUT2D eigenvalue weighted by Crippen LogP contribution is 2.35. The maximum Gasteiger partial charge on any atom is 0.0486 e. The Morgan fingerprint density at radius 2 is 2.10 bits per heavy atom. The van der Waals surface area contributed by atoms with Gasteiger partial charge in [-0.25, -0.2) is 0 Å². The molecule has 1 saturated heterocycles. The Labute approximate surface area is 136 Å². The molecule has 20 heavy (non-hydrogen) atoms. The molecule has 1 aromatic carbocycles. The minimum absolute atomic E-state index is 0.149. The van der Waals surface area contributed by atoms with E-state index in [1.807, 2.05) is 30.0 Å². The fourth-order valence-corrected chi connectivity index (χ4v) is 4.13. The smallest absolute Gasteiger partial charge is 0.0486 e. The molecule has 1 aliphatic heterocycles. The number of nitrogens with two attached hydrogens (primary N) is 1. The summed E-state index contributed by atoms with van der Waals surface area (Å²) in [5, 5.41) is 1.47. The van der Waals surface area contributed by atoms with Crippen molar-refractivity contribution in [1.82, 2.24) is 4.90 Å². The van der Waals surface area contributed by atoms with E-state index in [0.717, 1.165) is 35.8 Å². The number of hydrogen-bond acceptors (Lipinski definition) is 3. The van der Waals surface area contributed by atoms with Crippen molar-refractivity contribution in [2.24, 2.45) is 5.73 Å². The fourth-order valence-electron chi connectivity index (χ4n) is 2.59. The number of thioether (sulfide) groups is 1. The molecule has 0 aromatic heterocycles. The molecule has 0 bridgehead atoms. The zero-order valence-corrected chi connectivity index (χ0v) is 14.4. The van der Waals surface area contributed by atoms with Crippen molar-refractivity contribution < 1.29 is 0 Å². The van der Waals surface area contributed by atoms with Gasteiger partial charge >= 0.3 is 0 Å². The largest absolute Gasteiger partial charge is 0.329 e. The molecule has 1 heterocycles. The van der Waals surface area contributed by atoms with Crippen LogP contribution in [-0.4, -0.2) is 35.0 Å². The van der Waals surface area contributed by atoms with Gasteiger partial charge in [0.15, 0.2) is 0 Å². The van der Waals surface area contributed by atoms with E-state index in [0.29, 0.717) is 16.3 Å². The van der Waals surface area contributed by atoms with Crippen LogP contribution in [-0.2, 0) is 0 Å². The Hall–Kier alpha value is 0.0700. The SMILES string of the molecule is CC1(C)CCN(C(CN)c2cc(Cl)ccc2Cl)CCS1. The molecule has 2 nitrogen and oxygen atoms in total. The van der Waals surface area contributed by atoms with E-state index in [1.165, 1.54) is 0 Å². The first-order valence-electron chi connectivity index (χ1n) is 6.96. The maximum absolute atomic E-state index is 6.34. The monoisotopic (exact) mass is 332 g/mol. The second-order valence-corrected chi connectivity index (χ2v) is 8.46. The van der Waals surface area contributed by atoms with Crippen molar-refractivity contribution in [2.75, 3.05) is 25.4 Å². The summed E-state index contributed by atoms with van der Waals surface area (Å²) in [6.45, 7) is 7.27. The standard InChI is InChI=1S/C15H22Cl2N2S/c1-15(2)5-6-19(7-8-20-15)14(10-18)12-9-11(16)3-4-13(12)17/h3-4,9,14H,5-8,10,18H2,1-2H3. The average molecular weight is 333 g/mol. The first kappa shape index (κ1) is 16.4. The van der Waals surface area contributed by atoms with Gasteiger partial charge in [-0.15, -0.1) is 0 Å². The molecule has 0 spiro atoms. The summed E-state index contributed by atoms with van der Waals surface area (Å²) in [6, 6.07) is 5.78. The van der Waals surface area contributed by atoms with E-state index >= 15 is 0 Å². The Morgan fingerprint density at radius 3 is 2.80 bits per heavy atom. The molecule has 2 N–H and O–H groups in total. The fraction of sp³-hybridized carbons (Fsp3) is 0.600. The molecule has 5 heteroatoms. The summed E-state index contributed by atoms with van der Waals surface area (Å²) in [7, 11) is 0. The molecule has 1 atom stereocenters. The summed E-state index contributed by atoms with van der Waals surface area (Å²) in [5.41, 5.74) is 7.07. The molecule has 1 unspecified atom stereocenters. The lowest BCUT2D eigenvalue weighted by atomic mass is 10.0. The second kappa shape index (κ2) is 6.89. The summed E-state index contributed by atoms with van der Waals surface area (Å²) in [6.07, 6.45) is 1.16. The van der Waals surface area contributed by atoms with Crippen LogP contribution in [0, 0.1) is 0 Å². The van der Waals surface area contributed by atoms with Crippen molar-refractivity contribution in [3.63, 3.8) is 0 Å². The first-order chi connectivity index (χ1) is 9.43. The van der Waals surface area contributed by atoms with Crippen LogP contribution < -0.4 is 5.73 Å². The number of benzene rings is 1. The van der Waals surface area contributed by atoms with Gasteiger partial charge in [0.1, 0.15) is 0 Å². The number of nitrogens with zero attached hydrogens (tertiary/aromatic N) is 1. The minimum atomic E-state index is 0.149. The lowest BCUT2D eigenvalue weighted by Crippen LogP contribution is -2.36. The minimum Gasteiger partial charge on any atom is -0.329 e. The topological polar surface area (TPSA) is 29.3 Å². The molecule has 0 amide bonds. The van der Waals surface area contributed by atoms with Gasteiger partial charge in [0.25, 0.3) is 0 Å². The van der Waals surface area contributed by atoms with Crippen LogP contribution in [0.4, 0.5) is 0 Å². The predicted octanol–water partition coefficient (Wildman–Crippen LogP) is 4.21. The van der Waals surface area contributed by atoms with E-state index in [2.05, 4.69) is 18.7 Å². The van der Waals surface area contributed by atoms with E-state index in [4.69, 9.17) is 28.9 Å². The summed E-state index contributed by atoms with van der Waals surface area (Å²) >= 11 is 14.5. The number of halogens is 2. The normalized spacial score (nSPS) is 21.4. The number of rotatable bonds is 3. The van der Waals surface area contributed by atoms with Gasteiger partial charge in [-0.1, -0.05) is 37.0 Å². The molecule has 1 aliphatic rings. The summed E-state index contributed by atoms with van der Waals surface area (Å²) in [4.78, 5) is 2.44. The van der Waals surface area contributed by atoms with Crippen molar-refractivity contribution >= 4 is 35.0 Å². The number of hydrogen-bond donors (Lipinski definition) is 1. The first-order valence-corrected chi connectivity index (χ1v) is 8.70. The lowest BCUT2D eigenvalue weighted by molar-refractivity contribution is 0.211. The Bertz CT molecular complexity index is 465. The highest BCUT2D eigenvalue weighted by molar-refractivity contribution is 8.00. The van der Waals surface area contributed by atoms with Crippen LogP contribution in [0.2, 0.25) is 10.0 Å². The molecule has 2 rings (SSSR count). The quantitative estimate of drug-likeness (QED) is 0.898. The van der Waals surface area contributed by atoms with Gasteiger partial charge in [-0.05, 0) is 30.2 Å². The van der Waals surface area contributed by atoms with Gasteiger partial charge in [-0.3, -0.25) is 4.90 Å². The van der Waals surface area contributed by atoms with Crippen LogP contribution in [0.5, 0.6) is 0 Å². The predicted molar refractivity (Wildman–Crippen MR) is 91.0 cm³/mol. The molecular formula is C15H22Cl2N2S. The van der Waals surface area contributed by atoms with Gasteiger partial charge in [0.2, 0.25) is 0 Å². The van der Waals surface area contributed by atoms with E-state index < -0.39 is 0 Å². The van der Waals surface area contributed by atoms with Gasteiger partial charge in [0, 0.05) is 46.2 Å². The maximum atomic E-state index is 6.34. The van der Waals surface area contributed by atoms with Crippen molar-refractivity contribution in [3.05, 3.63) is 33.8 Å². The average Bonchev–Trinajstić information content (AvgIpc) is 2.56. The van der Waals surface area contributed by atoms with Crippen molar-refractivity contribution in [2.45, 2.75) is 31.1 Å². The lowest BCUT2D eigenvalue weighted by Gasteiger charge is -2.31. The van der Waals surface area contributed by atoms with Gasteiger partial charge in [0.05, 0.1) is 0 Å². The Balaban J connectivity index is 2.21. The molecule has 0 radical (unpaired) electrons. The van der Waals surface area contributed by atoms with Crippen LogP contribution in [0.25, 0.3) is 0 Å². The van der Waals surface area contributed by atoms with E-state index in [1.54, 1.807) is 0 Å². The molecule has 0 aliphatic carbocycles. The highest BCUT2D eigenvalue weighted by atomic mass is 35.5. The van der Waals surface area contributed by atoms with Crippen LogP contribution in [0.15, 0.2) is 18.2 Å². The Kier molecular flexibility index (Phi) is 5.66. The highest BCUT2D eigenvalue weighted by Gasteiger charge is 2.28. The third kappa shape index (κ3) is 4.05. The van der Waals surface area contributed by atoms with Gasteiger partial charge in [-0.2, -0.15) is 11.8 Å². The van der Waals surface area contributed by atoms with Crippen molar-refractivity contribution in [1.29, 1.82) is 0 Å². The van der Waals surface area contributed by atoms with E-state index in [-0.39, 0.29) is 6.04 Å². The molecule has 112 valence electrons. The van der Waals surface area contributed by atoms with Crippen LogP contribution >= 0.6 is 35.0 Å².